The highest BCUT2D eigenvalue weighted by Crippen LogP contribution is 2.22. The smallest absolute Gasteiger partial charge is 0.318 e. The summed E-state index contributed by atoms with van der Waals surface area (Å²) >= 11 is 7.32. The third-order valence-electron chi connectivity index (χ3n) is 2.04. The zero-order valence-electron chi connectivity index (χ0n) is 9.40. The van der Waals surface area contributed by atoms with Crippen LogP contribution < -0.4 is 11.1 Å². The fraction of sp³-hybridized carbons (Fsp3) is 0.400. The van der Waals surface area contributed by atoms with Crippen LogP contribution in [-0.2, 0) is 11.3 Å². The Morgan fingerprint density at radius 2 is 2.24 bits per heavy atom. The fourth-order valence-electron chi connectivity index (χ4n) is 1.27. The summed E-state index contributed by atoms with van der Waals surface area (Å²) in [5.74, 6) is -0.367. The van der Waals surface area contributed by atoms with Crippen molar-refractivity contribution in [3.63, 3.8) is 0 Å². The molecular weight excluding hydrogens is 262 g/mol. The van der Waals surface area contributed by atoms with E-state index in [-0.39, 0.29) is 12.3 Å². The van der Waals surface area contributed by atoms with E-state index in [4.69, 9.17) is 17.3 Å². The van der Waals surface area contributed by atoms with Crippen molar-refractivity contribution in [1.82, 2.24) is 10.2 Å². The van der Waals surface area contributed by atoms with Gasteiger partial charge in [0.15, 0.2) is 0 Å². The van der Waals surface area contributed by atoms with Crippen LogP contribution >= 0.6 is 22.9 Å². The summed E-state index contributed by atoms with van der Waals surface area (Å²) < 4.78 is 0.750. The number of nitrogens with zero attached hydrogens (tertiary/aromatic N) is 1. The highest BCUT2D eigenvalue weighted by Gasteiger charge is 2.07. The van der Waals surface area contributed by atoms with E-state index in [9.17, 15) is 9.59 Å². The SMILES string of the molecule is CN(CCC(=O)NC(N)=O)Cc1ccc(Cl)s1. The van der Waals surface area contributed by atoms with Crippen molar-refractivity contribution in [1.29, 1.82) is 0 Å². The number of halogens is 1. The minimum absolute atomic E-state index is 0.235. The summed E-state index contributed by atoms with van der Waals surface area (Å²) in [6.45, 7) is 1.27. The maximum Gasteiger partial charge on any atom is 0.318 e. The minimum Gasteiger partial charge on any atom is -0.351 e. The van der Waals surface area contributed by atoms with Gasteiger partial charge in [-0.2, -0.15) is 0 Å². The molecule has 0 radical (unpaired) electrons. The van der Waals surface area contributed by atoms with Gasteiger partial charge in [0.25, 0.3) is 0 Å². The molecule has 1 rings (SSSR count). The molecule has 0 aliphatic heterocycles. The van der Waals surface area contributed by atoms with Crippen molar-refractivity contribution in [2.45, 2.75) is 13.0 Å². The first-order valence-corrected chi connectivity index (χ1v) is 6.19. The number of thiophene rings is 1. The molecule has 0 saturated heterocycles. The van der Waals surface area contributed by atoms with Gasteiger partial charge in [-0.05, 0) is 19.2 Å². The van der Waals surface area contributed by atoms with Crippen LogP contribution in [0.25, 0.3) is 0 Å². The van der Waals surface area contributed by atoms with Crippen LogP contribution in [0.5, 0.6) is 0 Å². The van der Waals surface area contributed by atoms with Gasteiger partial charge in [-0.25, -0.2) is 4.79 Å². The largest absolute Gasteiger partial charge is 0.351 e. The minimum atomic E-state index is -0.817. The van der Waals surface area contributed by atoms with Gasteiger partial charge in [0.05, 0.1) is 4.34 Å². The summed E-state index contributed by atoms with van der Waals surface area (Å²) in [4.78, 5) is 24.7. The summed E-state index contributed by atoms with van der Waals surface area (Å²) in [6, 6.07) is 2.98. The van der Waals surface area contributed by atoms with Gasteiger partial charge in [-0.3, -0.25) is 10.1 Å². The summed E-state index contributed by atoms with van der Waals surface area (Å²) in [7, 11) is 1.89. The second-order valence-corrected chi connectivity index (χ2v) is 5.41. The quantitative estimate of drug-likeness (QED) is 0.853. The lowest BCUT2D eigenvalue weighted by Crippen LogP contribution is -2.36. The highest BCUT2D eigenvalue weighted by atomic mass is 35.5. The van der Waals surface area contributed by atoms with Crippen LogP contribution in [0.1, 0.15) is 11.3 Å². The molecule has 94 valence electrons. The first-order valence-electron chi connectivity index (χ1n) is 4.99. The molecule has 1 aromatic rings. The number of imide groups is 1. The molecule has 0 unspecified atom stereocenters. The van der Waals surface area contributed by atoms with E-state index in [2.05, 4.69) is 0 Å². The van der Waals surface area contributed by atoms with Crippen molar-refractivity contribution >= 4 is 34.9 Å². The third-order valence-corrected chi connectivity index (χ3v) is 3.25. The normalized spacial score (nSPS) is 10.5. The van der Waals surface area contributed by atoms with Gasteiger partial charge in [0.2, 0.25) is 5.91 Å². The third kappa shape index (κ3) is 5.67. The van der Waals surface area contributed by atoms with Crippen molar-refractivity contribution < 1.29 is 9.59 Å². The molecule has 7 heteroatoms. The average Bonchev–Trinajstić information content (AvgIpc) is 2.60. The highest BCUT2D eigenvalue weighted by molar-refractivity contribution is 7.16. The van der Waals surface area contributed by atoms with E-state index >= 15 is 0 Å². The van der Waals surface area contributed by atoms with E-state index in [1.54, 1.807) is 0 Å². The average molecular weight is 276 g/mol. The predicted octanol–water partition coefficient (Wildman–Crippen LogP) is 1.42. The van der Waals surface area contributed by atoms with E-state index < -0.39 is 6.03 Å². The van der Waals surface area contributed by atoms with Crippen molar-refractivity contribution in [3.8, 4) is 0 Å². The maximum atomic E-state index is 11.2. The van der Waals surface area contributed by atoms with Crippen LogP contribution in [0, 0.1) is 0 Å². The number of amides is 3. The summed E-state index contributed by atoms with van der Waals surface area (Å²) in [5.41, 5.74) is 4.83. The van der Waals surface area contributed by atoms with Crippen LogP contribution in [0.15, 0.2) is 12.1 Å². The molecule has 0 atom stereocenters. The van der Waals surface area contributed by atoms with Crippen LogP contribution in [0.3, 0.4) is 0 Å². The molecule has 0 aromatic carbocycles. The predicted molar refractivity (Wildman–Crippen MR) is 68.0 cm³/mol. The Morgan fingerprint density at radius 3 is 2.76 bits per heavy atom. The van der Waals surface area contributed by atoms with Crippen molar-refractivity contribution in [2.24, 2.45) is 5.73 Å². The number of hydrogen-bond acceptors (Lipinski definition) is 4. The van der Waals surface area contributed by atoms with Crippen LogP contribution in [0.4, 0.5) is 4.79 Å². The van der Waals surface area contributed by atoms with Gasteiger partial charge >= 0.3 is 6.03 Å². The van der Waals surface area contributed by atoms with Crippen LogP contribution in [-0.4, -0.2) is 30.4 Å². The molecule has 5 nitrogen and oxygen atoms in total. The lowest BCUT2D eigenvalue weighted by molar-refractivity contribution is -0.120. The summed E-state index contributed by atoms with van der Waals surface area (Å²) in [5, 5.41) is 2.02. The molecule has 1 aromatic heterocycles. The molecule has 0 spiro atoms. The molecule has 0 bridgehead atoms. The Balaban J connectivity index is 2.28. The number of nitrogens with two attached hydrogens (primary N) is 1. The first-order chi connectivity index (χ1) is 7.97. The second-order valence-electron chi connectivity index (χ2n) is 3.61. The number of nitrogens with one attached hydrogen (secondary N) is 1. The van der Waals surface area contributed by atoms with E-state index in [0.29, 0.717) is 6.54 Å². The Labute approximate surface area is 109 Å². The fourth-order valence-corrected chi connectivity index (χ4v) is 2.44. The number of carbonyl (C=O) groups excluding carboxylic acids is 2. The van der Waals surface area contributed by atoms with E-state index in [1.807, 2.05) is 29.4 Å². The molecule has 0 aliphatic rings. The molecule has 3 amide bonds. The van der Waals surface area contributed by atoms with Gasteiger partial charge in [0.1, 0.15) is 0 Å². The Hall–Kier alpha value is -1.11. The lowest BCUT2D eigenvalue weighted by Gasteiger charge is -2.14. The molecule has 0 saturated carbocycles. The number of rotatable bonds is 5. The zero-order valence-corrected chi connectivity index (χ0v) is 11.0. The standard InChI is InChI=1S/C10H14ClN3O2S/c1-14(5-4-9(15)13-10(12)16)6-7-2-3-8(11)17-7/h2-3H,4-6H2,1H3,(H3,12,13,15,16). The van der Waals surface area contributed by atoms with Crippen molar-refractivity contribution in [3.05, 3.63) is 21.3 Å². The zero-order chi connectivity index (χ0) is 12.8. The second kappa shape index (κ2) is 6.58. The molecule has 0 aliphatic carbocycles. The number of urea groups is 1. The topological polar surface area (TPSA) is 75.4 Å². The molecule has 17 heavy (non-hydrogen) atoms. The maximum absolute atomic E-state index is 11.2. The lowest BCUT2D eigenvalue weighted by atomic mass is 10.3. The number of primary amides is 1. The van der Waals surface area contributed by atoms with Gasteiger partial charge in [-0.1, -0.05) is 11.6 Å². The van der Waals surface area contributed by atoms with Gasteiger partial charge in [0, 0.05) is 24.4 Å². The molecule has 0 fully saturated rings. The number of carbonyl (C=O) groups is 2. The van der Waals surface area contributed by atoms with Gasteiger partial charge in [-0.15, -0.1) is 11.3 Å². The molecule has 3 N–H and O–H groups in total. The molecular formula is C10H14ClN3O2S. The Morgan fingerprint density at radius 1 is 1.53 bits per heavy atom. The van der Waals surface area contributed by atoms with E-state index in [1.165, 1.54) is 11.3 Å². The summed E-state index contributed by atoms with van der Waals surface area (Å²) in [6.07, 6.45) is 0.235. The van der Waals surface area contributed by atoms with Crippen molar-refractivity contribution in [2.75, 3.05) is 13.6 Å². The monoisotopic (exact) mass is 275 g/mol. The first kappa shape index (κ1) is 14.0. The van der Waals surface area contributed by atoms with E-state index in [0.717, 1.165) is 15.8 Å². The van der Waals surface area contributed by atoms with Crippen LogP contribution in [0.2, 0.25) is 4.34 Å². The number of hydrogen-bond donors (Lipinski definition) is 2. The Bertz CT molecular complexity index is 408. The molecule has 1 heterocycles. The van der Waals surface area contributed by atoms with Gasteiger partial charge < -0.3 is 10.6 Å². The Kier molecular flexibility index (Phi) is 5.40.